The number of benzene rings is 4. The third kappa shape index (κ3) is 22.5. The monoisotopic (exact) mass is 989 g/mol. The van der Waals surface area contributed by atoms with E-state index in [0.29, 0.717) is 26.2 Å². The summed E-state index contributed by atoms with van der Waals surface area (Å²) in [5.41, 5.74) is 7.73. The maximum absolute atomic E-state index is 12.5. The summed E-state index contributed by atoms with van der Waals surface area (Å²) in [6, 6.07) is 31.9. The van der Waals surface area contributed by atoms with Gasteiger partial charge in [-0.05, 0) is 96.5 Å². The van der Waals surface area contributed by atoms with E-state index in [0.717, 1.165) is 153 Å². The predicted molar refractivity (Wildman–Crippen MR) is 295 cm³/mol. The third-order valence-corrected chi connectivity index (χ3v) is 12.7. The Morgan fingerprint density at radius 3 is 0.667 bits per heavy atom. The second-order valence-corrected chi connectivity index (χ2v) is 18.8. The largest absolute Gasteiger partial charge is 0.338 e. The van der Waals surface area contributed by atoms with E-state index in [4.69, 9.17) is 0 Å². The molecule has 0 aliphatic carbocycles. The number of unbranched alkanes of at least 4 members (excludes halogenated alkanes) is 4. The molecule has 16 heteroatoms. The topological polar surface area (TPSA) is 177 Å². The van der Waals surface area contributed by atoms with Crippen LogP contribution in [0.1, 0.15) is 101 Å². The lowest BCUT2D eigenvalue weighted by Crippen LogP contribution is -2.45. The molecule has 4 aromatic carbocycles. The number of hydrogen-bond donors (Lipinski definition) is 8. The Morgan fingerprint density at radius 2 is 0.500 bits per heavy atom. The number of anilines is 4. The van der Waals surface area contributed by atoms with E-state index in [1.54, 1.807) is 0 Å². The van der Waals surface area contributed by atoms with Crippen LogP contribution in [-0.4, -0.2) is 122 Å². The van der Waals surface area contributed by atoms with E-state index >= 15 is 0 Å². The van der Waals surface area contributed by atoms with Crippen LogP contribution in [0.2, 0.25) is 0 Å². The number of nitrogens with zero attached hydrogens (tertiary/aromatic N) is 4. The Hall–Kier alpha value is -6.20. The summed E-state index contributed by atoms with van der Waals surface area (Å²) in [5.74, 6) is 0. The number of nitrogens with one attached hydrogen (secondary N) is 8. The first-order valence-corrected chi connectivity index (χ1v) is 26.6. The van der Waals surface area contributed by atoms with Crippen molar-refractivity contribution in [1.29, 1.82) is 0 Å². The maximum atomic E-state index is 12.5. The Morgan fingerprint density at radius 1 is 0.319 bits per heavy atom. The summed E-state index contributed by atoms with van der Waals surface area (Å²) < 4.78 is 0. The summed E-state index contributed by atoms with van der Waals surface area (Å²) in [6.07, 6.45) is 7.85. The zero-order valence-electron chi connectivity index (χ0n) is 43.6. The van der Waals surface area contributed by atoms with Crippen LogP contribution in [0.4, 0.5) is 41.9 Å². The van der Waals surface area contributed by atoms with Crippen LogP contribution in [-0.2, 0) is 26.2 Å². The van der Waals surface area contributed by atoms with E-state index in [2.05, 4.69) is 138 Å². The highest BCUT2D eigenvalue weighted by Crippen LogP contribution is 2.18. The highest BCUT2D eigenvalue weighted by Gasteiger charge is 2.19. The molecule has 0 saturated carbocycles. The third-order valence-electron chi connectivity index (χ3n) is 12.7. The number of hydrogen-bond acceptors (Lipinski definition) is 8. The SMILES string of the molecule is CCCCNC(=O)Nc1ccc(CN2CCN(Cc3ccc(NC(=O)NCCCC)cc3)CCN(Cc3ccc(NC(=O)NCCCC)cc3)CCN(Cc3ccc(NC(=O)NCCCC)cc3)CC2)cc1. The lowest BCUT2D eigenvalue weighted by atomic mass is 10.1. The highest BCUT2D eigenvalue weighted by molar-refractivity contribution is 5.90. The van der Waals surface area contributed by atoms with Crippen molar-refractivity contribution in [1.82, 2.24) is 40.9 Å². The van der Waals surface area contributed by atoms with Gasteiger partial charge in [0, 0.05) is 127 Å². The molecule has 0 radical (unpaired) electrons. The molecule has 8 amide bonds. The molecular weight excluding hydrogens is 905 g/mol. The fourth-order valence-corrected chi connectivity index (χ4v) is 8.23. The summed E-state index contributed by atoms with van der Waals surface area (Å²) in [5, 5.41) is 23.6. The molecule has 0 spiro atoms. The smallest absolute Gasteiger partial charge is 0.319 e. The van der Waals surface area contributed by atoms with Gasteiger partial charge in [0.1, 0.15) is 0 Å². The first-order valence-electron chi connectivity index (χ1n) is 26.6. The van der Waals surface area contributed by atoms with Gasteiger partial charge < -0.3 is 42.5 Å². The molecule has 1 aliphatic heterocycles. The minimum atomic E-state index is -0.190. The van der Waals surface area contributed by atoms with Crippen molar-refractivity contribution in [3.05, 3.63) is 119 Å². The van der Waals surface area contributed by atoms with Gasteiger partial charge in [0.25, 0.3) is 0 Å². The summed E-state index contributed by atoms with van der Waals surface area (Å²) in [7, 11) is 0. The fourth-order valence-electron chi connectivity index (χ4n) is 8.23. The van der Waals surface area contributed by atoms with Gasteiger partial charge in [-0.15, -0.1) is 0 Å². The van der Waals surface area contributed by atoms with Crippen LogP contribution < -0.4 is 42.5 Å². The lowest BCUT2D eigenvalue weighted by molar-refractivity contribution is 0.122. The molecule has 0 aromatic heterocycles. The van der Waals surface area contributed by atoms with Gasteiger partial charge in [-0.25, -0.2) is 19.2 Å². The minimum absolute atomic E-state index is 0.190. The molecule has 16 nitrogen and oxygen atoms in total. The average molecular weight is 989 g/mol. The number of rotatable bonds is 24. The van der Waals surface area contributed by atoms with E-state index in [1.165, 1.54) is 22.3 Å². The van der Waals surface area contributed by atoms with Gasteiger partial charge in [0.15, 0.2) is 0 Å². The molecule has 392 valence electrons. The van der Waals surface area contributed by atoms with E-state index in [9.17, 15) is 19.2 Å². The molecule has 1 fully saturated rings. The number of urea groups is 4. The number of carbonyl (C=O) groups is 4. The van der Waals surface area contributed by atoms with Crippen molar-refractivity contribution in [2.24, 2.45) is 0 Å². The van der Waals surface area contributed by atoms with Crippen LogP contribution in [0.25, 0.3) is 0 Å². The first-order chi connectivity index (χ1) is 35.1. The molecule has 0 unspecified atom stereocenters. The van der Waals surface area contributed by atoms with Crippen molar-refractivity contribution < 1.29 is 19.2 Å². The van der Waals surface area contributed by atoms with Crippen molar-refractivity contribution in [2.75, 3.05) is 99.8 Å². The van der Waals surface area contributed by atoms with Gasteiger partial charge in [-0.2, -0.15) is 0 Å². The molecule has 72 heavy (non-hydrogen) atoms. The Labute approximate surface area is 429 Å². The fraction of sp³-hybridized carbons (Fsp3) is 0.500. The normalized spacial score (nSPS) is 14.3. The van der Waals surface area contributed by atoms with Gasteiger partial charge in [-0.3, -0.25) is 19.6 Å². The quantitative estimate of drug-likeness (QED) is 0.0320. The number of amides is 8. The lowest BCUT2D eigenvalue weighted by Gasteiger charge is -2.34. The van der Waals surface area contributed by atoms with Gasteiger partial charge in [0.2, 0.25) is 0 Å². The second-order valence-electron chi connectivity index (χ2n) is 18.8. The van der Waals surface area contributed by atoms with E-state index in [1.807, 2.05) is 48.5 Å². The molecule has 0 bridgehead atoms. The standard InChI is InChI=1S/C56H84N12O4/c1-5-9-29-57-53(69)61-49-21-13-45(14-22-49)41-65-33-35-66(42-46-15-23-50(24-16-46)62-54(70)58-30-10-6-2)37-39-68(44-48-19-27-52(28-20-48)64-56(72)60-32-12-8-4)40-38-67(36-34-65)43-47-17-25-51(26-18-47)63-55(71)59-31-11-7-3/h13-28H,5-12,29-44H2,1-4H3,(H2,57,61,69)(H2,58,62,70)(H2,59,63,71)(H2,60,64,72). The Bertz CT molecular complexity index is 1850. The van der Waals surface area contributed by atoms with Crippen molar-refractivity contribution in [2.45, 2.75) is 105 Å². The molecule has 1 aliphatic rings. The van der Waals surface area contributed by atoms with Crippen LogP contribution in [0.5, 0.6) is 0 Å². The Kier molecular flexibility index (Phi) is 25.8. The first kappa shape index (κ1) is 56.7. The Balaban J connectivity index is 1.35. The van der Waals surface area contributed by atoms with Crippen LogP contribution in [0.15, 0.2) is 97.1 Å². The second kappa shape index (κ2) is 32.7. The van der Waals surface area contributed by atoms with Crippen molar-refractivity contribution in [3.63, 3.8) is 0 Å². The van der Waals surface area contributed by atoms with Crippen molar-refractivity contribution in [3.8, 4) is 0 Å². The molecule has 1 heterocycles. The molecule has 8 N–H and O–H groups in total. The zero-order chi connectivity index (χ0) is 51.2. The van der Waals surface area contributed by atoms with Gasteiger partial charge in [0.05, 0.1) is 0 Å². The van der Waals surface area contributed by atoms with Crippen molar-refractivity contribution >= 4 is 46.9 Å². The summed E-state index contributed by atoms with van der Waals surface area (Å²) in [4.78, 5) is 60.1. The number of carbonyl (C=O) groups excluding carboxylic acids is 4. The van der Waals surface area contributed by atoms with E-state index < -0.39 is 0 Å². The van der Waals surface area contributed by atoms with Gasteiger partial charge in [-0.1, -0.05) is 102 Å². The molecule has 0 atom stereocenters. The van der Waals surface area contributed by atoms with Crippen LogP contribution in [0, 0.1) is 0 Å². The molecule has 5 rings (SSSR count). The molecule has 4 aromatic rings. The van der Waals surface area contributed by atoms with Crippen LogP contribution in [0.3, 0.4) is 0 Å². The highest BCUT2D eigenvalue weighted by atomic mass is 16.2. The maximum Gasteiger partial charge on any atom is 0.319 e. The van der Waals surface area contributed by atoms with Gasteiger partial charge >= 0.3 is 24.1 Å². The minimum Gasteiger partial charge on any atom is -0.338 e. The molecular formula is C56H84N12O4. The predicted octanol–water partition coefficient (Wildman–Crippen LogP) is 9.70. The van der Waals surface area contributed by atoms with E-state index in [-0.39, 0.29) is 24.1 Å². The molecule has 1 saturated heterocycles. The average Bonchev–Trinajstić information content (AvgIpc) is 3.37. The summed E-state index contributed by atoms with van der Waals surface area (Å²) >= 11 is 0. The van der Waals surface area contributed by atoms with Crippen LogP contribution >= 0.6 is 0 Å². The zero-order valence-corrected chi connectivity index (χ0v) is 43.6. The summed E-state index contributed by atoms with van der Waals surface area (Å²) in [6.45, 7) is 20.7.